The Balaban J connectivity index is 1.78. The Hall–Kier alpha value is -2.81. The SMILES string of the molecule is CN=C(NCc1ccc(COCC(F)(F)F)cc1)NCc1ccnc(OC)c1. The summed E-state index contributed by atoms with van der Waals surface area (Å²) in [5.74, 6) is 1.16. The molecule has 152 valence electrons. The summed E-state index contributed by atoms with van der Waals surface area (Å²) < 4.78 is 46.0. The van der Waals surface area contributed by atoms with Crippen molar-refractivity contribution in [2.24, 2.45) is 4.99 Å². The number of methoxy groups -OCH3 is 1. The first-order chi connectivity index (χ1) is 13.4. The second-order valence-electron chi connectivity index (χ2n) is 5.91. The molecular weight excluding hydrogens is 373 g/mol. The first-order valence-electron chi connectivity index (χ1n) is 8.55. The quantitative estimate of drug-likeness (QED) is 0.530. The molecule has 0 saturated carbocycles. The number of benzene rings is 1. The van der Waals surface area contributed by atoms with E-state index in [2.05, 4.69) is 25.3 Å². The van der Waals surface area contributed by atoms with Gasteiger partial charge in [-0.1, -0.05) is 24.3 Å². The number of nitrogens with zero attached hydrogens (tertiary/aromatic N) is 2. The maximum atomic E-state index is 12.1. The lowest BCUT2D eigenvalue weighted by Gasteiger charge is -2.13. The first kappa shape index (κ1) is 21.5. The lowest BCUT2D eigenvalue weighted by molar-refractivity contribution is -0.176. The fourth-order valence-electron chi connectivity index (χ4n) is 2.30. The molecule has 0 fully saturated rings. The Morgan fingerprint density at radius 1 is 1.04 bits per heavy atom. The largest absolute Gasteiger partial charge is 0.481 e. The number of rotatable bonds is 8. The summed E-state index contributed by atoms with van der Waals surface area (Å²) in [5, 5.41) is 6.37. The van der Waals surface area contributed by atoms with Gasteiger partial charge in [-0.2, -0.15) is 13.2 Å². The predicted molar refractivity (Wildman–Crippen MR) is 100.0 cm³/mol. The highest BCUT2D eigenvalue weighted by molar-refractivity contribution is 5.79. The van der Waals surface area contributed by atoms with E-state index in [1.807, 2.05) is 24.3 Å². The minimum Gasteiger partial charge on any atom is -0.481 e. The summed E-state index contributed by atoms with van der Waals surface area (Å²) in [4.78, 5) is 8.22. The Bertz CT molecular complexity index is 765. The van der Waals surface area contributed by atoms with Crippen molar-refractivity contribution in [2.45, 2.75) is 25.9 Å². The average molecular weight is 396 g/mol. The van der Waals surface area contributed by atoms with E-state index >= 15 is 0 Å². The molecule has 6 nitrogen and oxygen atoms in total. The smallest absolute Gasteiger partial charge is 0.411 e. The summed E-state index contributed by atoms with van der Waals surface area (Å²) in [6.07, 6.45) is -2.64. The zero-order chi connectivity index (χ0) is 20.4. The summed E-state index contributed by atoms with van der Waals surface area (Å²) in [6.45, 7) is -0.259. The van der Waals surface area contributed by atoms with E-state index in [0.717, 1.165) is 11.1 Å². The van der Waals surface area contributed by atoms with Crippen molar-refractivity contribution in [1.29, 1.82) is 0 Å². The molecule has 0 atom stereocenters. The van der Waals surface area contributed by atoms with Crippen LogP contribution in [0.3, 0.4) is 0 Å². The Morgan fingerprint density at radius 3 is 2.29 bits per heavy atom. The van der Waals surface area contributed by atoms with Crippen LogP contribution in [0, 0.1) is 0 Å². The number of pyridine rings is 1. The molecule has 0 amide bonds. The van der Waals surface area contributed by atoms with Gasteiger partial charge in [0.2, 0.25) is 5.88 Å². The van der Waals surface area contributed by atoms with Crippen LogP contribution in [-0.2, 0) is 24.4 Å². The van der Waals surface area contributed by atoms with Crippen molar-refractivity contribution >= 4 is 5.96 Å². The van der Waals surface area contributed by atoms with Crippen LogP contribution in [0.15, 0.2) is 47.6 Å². The molecule has 2 N–H and O–H groups in total. The Labute approximate surface area is 161 Å². The fraction of sp³-hybridized carbons (Fsp3) is 0.368. The van der Waals surface area contributed by atoms with Crippen molar-refractivity contribution < 1.29 is 22.6 Å². The normalized spacial score (nSPS) is 12.0. The van der Waals surface area contributed by atoms with Gasteiger partial charge in [0.15, 0.2) is 5.96 Å². The number of aliphatic imine (C=N–C) groups is 1. The van der Waals surface area contributed by atoms with E-state index in [1.165, 1.54) is 0 Å². The Morgan fingerprint density at radius 2 is 1.68 bits per heavy atom. The second kappa shape index (κ2) is 10.5. The molecule has 0 saturated heterocycles. The molecule has 1 aromatic carbocycles. The number of ether oxygens (including phenoxy) is 2. The highest BCUT2D eigenvalue weighted by Crippen LogP contribution is 2.16. The minimum atomic E-state index is -4.31. The molecular formula is C19H23F3N4O2. The van der Waals surface area contributed by atoms with Crippen molar-refractivity contribution in [1.82, 2.24) is 15.6 Å². The minimum absolute atomic E-state index is 0.0775. The zero-order valence-corrected chi connectivity index (χ0v) is 15.7. The molecule has 28 heavy (non-hydrogen) atoms. The van der Waals surface area contributed by atoms with Crippen molar-refractivity contribution in [3.05, 3.63) is 59.3 Å². The highest BCUT2D eigenvalue weighted by atomic mass is 19.4. The van der Waals surface area contributed by atoms with Gasteiger partial charge in [0.25, 0.3) is 0 Å². The van der Waals surface area contributed by atoms with Gasteiger partial charge in [0.1, 0.15) is 6.61 Å². The summed E-state index contributed by atoms with van der Waals surface area (Å²) >= 11 is 0. The van der Waals surface area contributed by atoms with Crippen molar-refractivity contribution in [2.75, 3.05) is 20.8 Å². The third-order valence-electron chi connectivity index (χ3n) is 3.71. The van der Waals surface area contributed by atoms with E-state index in [1.54, 1.807) is 32.5 Å². The number of hydrogen-bond donors (Lipinski definition) is 2. The standard InChI is InChI=1S/C19H23F3N4O2/c1-23-18(26-11-16-7-8-24-17(9-16)27-2)25-10-14-3-5-15(6-4-14)12-28-13-19(20,21)22/h3-9H,10-13H2,1-2H3,(H2,23,25,26). The van der Waals surface area contributed by atoms with Gasteiger partial charge in [-0.15, -0.1) is 0 Å². The second-order valence-corrected chi connectivity index (χ2v) is 5.91. The molecule has 2 rings (SSSR count). The van der Waals surface area contributed by atoms with Crippen LogP contribution >= 0.6 is 0 Å². The lowest BCUT2D eigenvalue weighted by atomic mass is 10.1. The van der Waals surface area contributed by atoms with E-state index in [4.69, 9.17) is 4.74 Å². The Kier molecular flexibility index (Phi) is 8.06. The number of halogens is 3. The summed E-state index contributed by atoms with van der Waals surface area (Å²) in [7, 11) is 3.23. The van der Waals surface area contributed by atoms with Crippen LogP contribution in [0.25, 0.3) is 0 Å². The van der Waals surface area contributed by atoms with Gasteiger partial charge in [0, 0.05) is 32.4 Å². The van der Waals surface area contributed by atoms with Gasteiger partial charge in [-0.3, -0.25) is 4.99 Å². The van der Waals surface area contributed by atoms with Crippen LogP contribution in [0.4, 0.5) is 13.2 Å². The number of alkyl halides is 3. The lowest BCUT2D eigenvalue weighted by Crippen LogP contribution is -2.36. The molecule has 0 radical (unpaired) electrons. The summed E-state index contributed by atoms with van der Waals surface area (Å²) in [6, 6.07) is 10.9. The average Bonchev–Trinajstić information content (AvgIpc) is 2.68. The third-order valence-corrected chi connectivity index (χ3v) is 3.71. The van der Waals surface area contributed by atoms with E-state index in [-0.39, 0.29) is 6.61 Å². The van der Waals surface area contributed by atoms with Gasteiger partial charge in [0.05, 0.1) is 13.7 Å². The molecule has 0 bridgehead atoms. The van der Waals surface area contributed by atoms with Gasteiger partial charge in [-0.25, -0.2) is 4.98 Å². The van der Waals surface area contributed by atoms with Gasteiger partial charge in [-0.05, 0) is 22.8 Å². The van der Waals surface area contributed by atoms with E-state index < -0.39 is 12.8 Å². The maximum absolute atomic E-state index is 12.1. The molecule has 1 heterocycles. The summed E-state index contributed by atoms with van der Waals surface area (Å²) in [5.41, 5.74) is 2.65. The number of hydrogen-bond acceptors (Lipinski definition) is 4. The van der Waals surface area contributed by atoms with E-state index in [0.29, 0.717) is 30.5 Å². The monoisotopic (exact) mass is 396 g/mol. The maximum Gasteiger partial charge on any atom is 0.411 e. The molecule has 2 aromatic rings. The van der Waals surface area contributed by atoms with E-state index in [9.17, 15) is 13.2 Å². The molecule has 1 aromatic heterocycles. The predicted octanol–water partition coefficient (Wildman–Crippen LogP) is 3.03. The number of guanidine groups is 1. The molecule has 0 aliphatic heterocycles. The van der Waals surface area contributed by atoms with Crippen LogP contribution in [0.1, 0.15) is 16.7 Å². The van der Waals surface area contributed by atoms with Crippen molar-refractivity contribution in [3.63, 3.8) is 0 Å². The number of aromatic nitrogens is 1. The molecule has 0 aliphatic rings. The van der Waals surface area contributed by atoms with Crippen molar-refractivity contribution in [3.8, 4) is 5.88 Å². The van der Waals surface area contributed by atoms with Crippen LogP contribution in [-0.4, -0.2) is 37.9 Å². The van der Waals surface area contributed by atoms with Crippen LogP contribution in [0.2, 0.25) is 0 Å². The molecule has 0 unspecified atom stereocenters. The van der Waals surface area contributed by atoms with Gasteiger partial charge >= 0.3 is 6.18 Å². The highest BCUT2D eigenvalue weighted by Gasteiger charge is 2.27. The molecule has 0 aliphatic carbocycles. The molecule has 9 heteroatoms. The fourth-order valence-corrected chi connectivity index (χ4v) is 2.30. The molecule has 0 spiro atoms. The zero-order valence-electron chi connectivity index (χ0n) is 15.7. The number of nitrogens with one attached hydrogen (secondary N) is 2. The van der Waals surface area contributed by atoms with Crippen LogP contribution in [0.5, 0.6) is 5.88 Å². The van der Waals surface area contributed by atoms with Crippen LogP contribution < -0.4 is 15.4 Å². The third kappa shape index (κ3) is 7.83. The van der Waals surface area contributed by atoms with Gasteiger partial charge < -0.3 is 20.1 Å². The first-order valence-corrected chi connectivity index (χ1v) is 8.55. The topological polar surface area (TPSA) is 67.8 Å².